The van der Waals surface area contributed by atoms with Crippen molar-refractivity contribution in [1.82, 2.24) is 4.41 Å². The Kier molecular flexibility index (Phi) is 5.44. The number of hydrazone groups is 1. The van der Waals surface area contributed by atoms with Crippen molar-refractivity contribution >= 4 is 31.4 Å². The third-order valence-corrected chi connectivity index (χ3v) is 6.66. The third kappa shape index (κ3) is 4.50. The Morgan fingerprint density at radius 2 is 1.68 bits per heavy atom. The SMILES string of the molecule is CCS(=O)(=O)Nc1ccc(C2=NN(S(C)(=O)=O)[C@H](c3ccc(F)cc3)C2)cc1. The maximum Gasteiger partial charge on any atom is 0.247 e. The van der Waals surface area contributed by atoms with E-state index in [1.54, 1.807) is 43.3 Å². The van der Waals surface area contributed by atoms with Gasteiger partial charge in [-0.25, -0.2) is 21.2 Å². The van der Waals surface area contributed by atoms with E-state index in [0.717, 1.165) is 10.7 Å². The van der Waals surface area contributed by atoms with Crippen LogP contribution in [0.2, 0.25) is 0 Å². The summed E-state index contributed by atoms with van der Waals surface area (Å²) in [4.78, 5) is 0. The second-order valence-electron chi connectivity index (χ2n) is 6.44. The summed E-state index contributed by atoms with van der Waals surface area (Å²) in [5, 5.41) is 4.26. The first kappa shape index (κ1) is 20.3. The Balaban J connectivity index is 1.89. The van der Waals surface area contributed by atoms with E-state index in [1.807, 2.05) is 0 Å². The number of halogens is 1. The third-order valence-electron chi connectivity index (χ3n) is 4.34. The van der Waals surface area contributed by atoms with E-state index in [2.05, 4.69) is 9.82 Å². The molecule has 0 aliphatic carbocycles. The largest absolute Gasteiger partial charge is 0.284 e. The van der Waals surface area contributed by atoms with Gasteiger partial charge in [0.2, 0.25) is 20.0 Å². The fraction of sp³-hybridized carbons (Fsp3) is 0.278. The average Bonchev–Trinajstić information content (AvgIpc) is 3.08. The van der Waals surface area contributed by atoms with Crippen molar-refractivity contribution in [2.75, 3.05) is 16.7 Å². The summed E-state index contributed by atoms with van der Waals surface area (Å²) < 4.78 is 64.3. The molecule has 0 saturated carbocycles. The van der Waals surface area contributed by atoms with Crippen LogP contribution in [0.15, 0.2) is 53.6 Å². The number of nitrogens with zero attached hydrogens (tertiary/aromatic N) is 2. The zero-order valence-electron chi connectivity index (χ0n) is 15.3. The fourth-order valence-corrected chi connectivity index (χ4v) is 4.43. The van der Waals surface area contributed by atoms with E-state index < -0.39 is 31.9 Å². The number of anilines is 1. The summed E-state index contributed by atoms with van der Waals surface area (Å²) in [5.41, 5.74) is 2.28. The first-order valence-corrected chi connectivity index (χ1v) is 12.0. The molecule has 1 N–H and O–H groups in total. The molecule has 10 heteroatoms. The van der Waals surface area contributed by atoms with Crippen LogP contribution < -0.4 is 4.72 Å². The van der Waals surface area contributed by atoms with E-state index >= 15 is 0 Å². The smallest absolute Gasteiger partial charge is 0.247 e. The Hall–Kier alpha value is -2.46. The van der Waals surface area contributed by atoms with Crippen LogP contribution >= 0.6 is 0 Å². The van der Waals surface area contributed by atoms with Gasteiger partial charge in [0.25, 0.3) is 0 Å². The van der Waals surface area contributed by atoms with Gasteiger partial charge in [0.15, 0.2) is 0 Å². The molecule has 0 fully saturated rings. The Morgan fingerprint density at radius 1 is 1.07 bits per heavy atom. The normalized spacial score (nSPS) is 17.5. The van der Waals surface area contributed by atoms with Gasteiger partial charge in [-0.1, -0.05) is 24.3 Å². The number of sulfonamides is 2. The molecule has 0 amide bonds. The van der Waals surface area contributed by atoms with Gasteiger partial charge < -0.3 is 0 Å². The highest BCUT2D eigenvalue weighted by molar-refractivity contribution is 7.92. The first-order valence-electron chi connectivity index (χ1n) is 8.52. The maximum absolute atomic E-state index is 13.2. The Labute approximate surface area is 164 Å². The monoisotopic (exact) mass is 425 g/mol. The van der Waals surface area contributed by atoms with Crippen LogP contribution in [0.5, 0.6) is 0 Å². The highest BCUT2D eigenvalue weighted by atomic mass is 32.2. The minimum atomic E-state index is -3.63. The van der Waals surface area contributed by atoms with Crippen molar-refractivity contribution in [1.29, 1.82) is 0 Å². The van der Waals surface area contributed by atoms with Crippen molar-refractivity contribution in [3.05, 3.63) is 65.5 Å². The van der Waals surface area contributed by atoms with Gasteiger partial charge in [0.1, 0.15) is 5.82 Å². The predicted molar refractivity (Wildman–Crippen MR) is 107 cm³/mol. The Bertz CT molecular complexity index is 1100. The number of hydrogen-bond acceptors (Lipinski definition) is 5. The Morgan fingerprint density at radius 3 is 2.21 bits per heavy atom. The van der Waals surface area contributed by atoms with Crippen LogP contribution in [-0.2, 0) is 20.0 Å². The van der Waals surface area contributed by atoms with Crippen molar-refractivity contribution in [3.8, 4) is 0 Å². The maximum atomic E-state index is 13.2. The van der Waals surface area contributed by atoms with Gasteiger partial charge in [-0.2, -0.15) is 9.52 Å². The van der Waals surface area contributed by atoms with E-state index in [1.165, 1.54) is 12.1 Å². The van der Waals surface area contributed by atoms with Crippen molar-refractivity contribution in [2.24, 2.45) is 5.10 Å². The lowest BCUT2D eigenvalue weighted by Gasteiger charge is -2.21. The van der Waals surface area contributed by atoms with Gasteiger partial charge >= 0.3 is 0 Å². The van der Waals surface area contributed by atoms with Crippen molar-refractivity contribution in [2.45, 2.75) is 19.4 Å². The summed E-state index contributed by atoms with van der Waals surface area (Å²) in [6.07, 6.45) is 1.39. The highest BCUT2D eigenvalue weighted by Crippen LogP contribution is 2.34. The molecule has 3 rings (SSSR count). The lowest BCUT2D eigenvalue weighted by Crippen LogP contribution is -2.25. The zero-order valence-corrected chi connectivity index (χ0v) is 17.0. The minimum Gasteiger partial charge on any atom is -0.284 e. The molecule has 1 aliphatic rings. The molecule has 28 heavy (non-hydrogen) atoms. The summed E-state index contributed by atoms with van der Waals surface area (Å²) >= 11 is 0. The molecular formula is C18H20FN3O4S2. The van der Waals surface area contributed by atoms with Gasteiger partial charge in [0, 0.05) is 12.1 Å². The molecule has 0 unspecified atom stereocenters. The van der Waals surface area contributed by atoms with Crippen LogP contribution in [-0.4, -0.2) is 39.0 Å². The molecule has 0 bridgehead atoms. The standard InChI is InChI=1S/C18H20FN3O4S2/c1-3-28(25,26)21-16-10-6-13(7-11-16)17-12-18(22(20-17)27(2,23)24)14-4-8-15(19)9-5-14/h4-11,18,21H,3,12H2,1-2H3/t18-/m0/s1. The molecule has 7 nitrogen and oxygen atoms in total. The van der Waals surface area contributed by atoms with E-state index in [4.69, 9.17) is 0 Å². The van der Waals surface area contributed by atoms with Gasteiger partial charge in [-0.05, 0) is 42.3 Å². The summed E-state index contributed by atoms with van der Waals surface area (Å²) in [5.74, 6) is -0.441. The number of rotatable bonds is 6. The lowest BCUT2D eigenvalue weighted by molar-refractivity contribution is 0.374. The average molecular weight is 426 g/mol. The number of nitrogens with one attached hydrogen (secondary N) is 1. The molecule has 1 atom stereocenters. The van der Waals surface area contributed by atoms with Crippen LogP contribution in [0.3, 0.4) is 0 Å². The van der Waals surface area contributed by atoms with Gasteiger partial charge in [0.05, 0.1) is 23.8 Å². The van der Waals surface area contributed by atoms with E-state index in [0.29, 0.717) is 28.9 Å². The predicted octanol–water partition coefficient (Wildman–Crippen LogP) is 2.70. The second kappa shape index (κ2) is 7.51. The molecule has 0 aromatic heterocycles. The quantitative estimate of drug-likeness (QED) is 0.770. The van der Waals surface area contributed by atoms with E-state index in [-0.39, 0.29) is 5.75 Å². The topological polar surface area (TPSA) is 95.9 Å². The van der Waals surface area contributed by atoms with Crippen LogP contribution in [0.25, 0.3) is 0 Å². The lowest BCUT2D eigenvalue weighted by atomic mass is 9.99. The molecule has 0 radical (unpaired) electrons. The molecule has 0 spiro atoms. The van der Waals surface area contributed by atoms with Crippen LogP contribution in [0, 0.1) is 5.82 Å². The molecule has 2 aromatic rings. The molecule has 1 aliphatic heterocycles. The molecule has 2 aromatic carbocycles. The van der Waals surface area contributed by atoms with Crippen LogP contribution in [0.4, 0.5) is 10.1 Å². The van der Waals surface area contributed by atoms with Crippen molar-refractivity contribution < 1.29 is 21.2 Å². The van der Waals surface area contributed by atoms with Gasteiger partial charge in [-0.15, -0.1) is 0 Å². The van der Waals surface area contributed by atoms with Gasteiger partial charge in [-0.3, -0.25) is 4.72 Å². The molecule has 0 saturated heterocycles. The van der Waals surface area contributed by atoms with Crippen molar-refractivity contribution in [3.63, 3.8) is 0 Å². The minimum absolute atomic E-state index is 0.0376. The summed E-state index contributed by atoms with van der Waals surface area (Å²) in [6, 6.07) is 11.6. The first-order chi connectivity index (χ1) is 13.1. The molecule has 150 valence electrons. The van der Waals surface area contributed by atoms with Crippen LogP contribution in [0.1, 0.15) is 30.5 Å². The summed E-state index contributed by atoms with van der Waals surface area (Å²) in [6.45, 7) is 1.54. The number of benzene rings is 2. The fourth-order valence-electron chi connectivity index (χ4n) is 2.88. The van der Waals surface area contributed by atoms with E-state index in [9.17, 15) is 21.2 Å². The zero-order chi connectivity index (χ0) is 20.5. The second-order valence-corrected chi connectivity index (χ2v) is 10.3. The highest BCUT2D eigenvalue weighted by Gasteiger charge is 2.34. The molecule has 1 heterocycles. The molecular weight excluding hydrogens is 405 g/mol. The number of hydrogen-bond donors (Lipinski definition) is 1. The summed E-state index contributed by atoms with van der Waals surface area (Å²) in [7, 11) is -7.01.